The number of carbonyl (C=O) groups excluding carboxylic acids is 2. The fraction of sp³-hybridized carbons (Fsp3) is 0.483. The van der Waals surface area contributed by atoms with E-state index in [1.165, 1.54) is 19.2 Å². The lowest BCUT2D eigenvalue weighted by Gasteiger charge is -2.33. The van der Waals surface area contributed by atoms with Crippen LogP contribution in [0.3, 0.4) is 0 Å². The van der Waals surface area contributed by atoms with E-state index < -0.39 is 69.9 Å². The van der Waals surface area contributed by atoms with E-state index in [1.807, 2.05) is 0 Å². The summed E-state index contributed by atoms with van der Waals surface area (Å²) >= 11 is 0.958. The number of amides is 1. The van der Waals surface area contributed by atoms with Crippen molar-refractivity contribution >= 4 is 29.6 Å². The molecule has 44 heavy (non-hydrogen) atoms. The normalized spacial score (nSPS) is 24.7. The van der Waals surface area contributed by atoms with Gasteiger partial charge in [0.25, 0.3) is 0 Å². The largest absolute Gasteiger partial charge is 0.480 e. The average molecular weight is 654 g/mol. The Morgan fingerprint density at radius 2 is 1.39 bits per heavy atom. The van der Waals surface area contributed by atoms with Crippen LogP contribution in [0.5, 0.6) is 0 Å². The van der Waals surface area contributed by atoms with Crippen LogP contribution in [0.25, 0.3) is 0 Å². The molecule has 1 aliphatic carbocycles. The zero-order valence-corrected chi connectivity index (χ0v) is 23.9. The number of nitrogens with zero attached hydrogens (tertiary/aromatic N) is 1. The van der Waals surface area contributed by atoms with Gasteiger partial charge in [0.2, 0.25) is 5.91 Å². The molecule has 15 heteroatoms. The van der Waals surface area contributed by atoms with Crippen molar-refractivity contribution in [3.05, 3.63) is 65.5 Å². The van der Waals surface area contributed by atoms with Crippen LogP contribution < -0.4 is 0 Å². The van der Waals surface area contributed by atoms with Gasteiger partial charge in [0, 0.05) is 22.9 Å². The van der Waals surface area contributed by atoms with Crippen molar-refractivity contribution < 1.29 is 59.4 Å². The number of alkyl halides is 7. The molecule has 0 aromatic heterocycles. The third-order valence-electron chi connectivity index (χ3n) is 8.22. The summed E-state index contributed by atoms with van der Waals surface area (Å²) in [6.07, 6.45) is -11.8. The van der Waals surface area contributed by atoms with Crippen molar-refractivity contribution in [2.24, 2.45) is 11.8 Å². The van der Waals surface area contributed by atoms with Gasteiger partial charge in [-0.15, -0.1) is 11.8 Å². The van der Waals surface area contributed by atoms with Crippen LogP contribution in [0.15, 0.2) is 53.4 Å². The van der Waals surface area contributed by atoms with Crippen LogP contribution in [0.4, 0.5) is 35.1 Å². The highest BCUT2D eigenvalue weighted by atomic mass is 32.2. The van der Waals surface area contributed by atoms with Crippen LogP contribution in [-0.4, -0.2) is 59.9 Å². The van der Waals surface area contributed by atoms with Crippen molar-refractivity contribution in [1.29, 1.82) is 0 Å². The highest BCUT2D eigenvalue weighted by Crippen LogP contribution is 2.55. The van der Waals surface area contributed by atoms with Gasteiger partial charge in [0.1, 0.15) is 11.9 Å². The minimum Gasteiger partial charge on any atom is -0.480 e. The number of aliphatic carboxylic acids is 1. The molecule has 1 N–H and O–H groups in total. The second kappa shape index (κ2) is 12.2. The van der Waals surface area contributed by atoms with Crippen molar-refractivity contribution in [3.8, 4) is 0 Å². The van der Waals surface area contributed by atoms with Gasteiger partial charge in [-0.05, 0) is 61.9 Å². The second-order valence-corrected chi connectivity index (χ2v) is 12.3. The smallest absolute Gasteiger partial charge is 0.435 e. The van der Waals surface area contributed by atoms with Crippen molar-refractivity contribution in [3.63, 3.8) is 0 Å². The number of thioether (sulfide) groups is 1. The molecule has 1 heterocycles. The maximum atomic E-state index is 14.7. The maximum Gasteiger partial charge on any atom is 0.435 e. The number of likely N-dealkylation sites (tertiary alicyclic amines) is 1. The monoisotopic (exact) mass is 653 g/mol. The number of hydrogen-bond acceptors (Lipinski definition) is 5. The van der Waals surface area contributed by atoms with Gasteiger partial charge < -0.3 is 14.7 Å². The van der Waals surface area contributed by atoms with Gasteiger partial charge in [-0.25, -0.2) is 13.6 Å². The Labute approximate surface area is 250 Å². The Morgan fingerprint density at radius 1 is 0.864 bits per heavy atom. The molecule has 2 aliphatic rings. The molecule has 0 spiro atoms. The first kappa shape index (κ1) is 33.5. The summed E-state index contributed by atoms with van der Waals surface area (Å²) < 4.78 is 112. The molecule has 0 radical (unpaired) electrons. The summed E-state index contributed by atoms with van der Waals surface area (Å²) in [5.74, 6) is -4.00. The number of methoxy groups -OCH3 is 1. The molecule has 1 aliphatic heterocycles. The number of carboxylic acid groups (broad SMARTS) is 1. The zero-order valence-electron chi connectivity index (χ0n) is 23.1. The number of benzene rings is 2. The molecule has 2 atom stereocenters. The molecule has 1 saturated heterocycles. The van der Waals surface area contributed by atoms with Crippen LogP contribution in [0.1, 0.15) is 43.2 Å². The molecule has 4 rings (SSSR count). The van der Waals surface area contributed by atoms with E-state index in [-0.39, 0.29) is 31.4 Å². The highest BCUT2D eigenvalue weighted by Gasteiger charge is 2.73. The lowest BCUT2D eigenvalue weighted by Crippen LogP contribution is -2.50. The second-order valence-electron chi connectivity index (χ2n) is 10.9. The van der Waals surface area contributed by atoms with Gasteiger partial charge in [0.15, 0.2) is 0 Å². The van der Waals surface area contributed by atoms with E-state index in [0.29, 0.717) is 29.9 Å². The van der Waals surface area contributed by atoms with Crippen molar-refractivity contribution in [2.45, 2.75) is 65.8 Å². The van der Waals surface area contributed by atoms with Crippen molar-refractivity contribution in [2.75, 3.05) is 13.7 Å². The quantitative estimate of drug-likeness (QED) is 0.263. The number of carboxylic acids is 1. The predicted molar refractivity (Wildman–Crippen MR) is 140 cm³/mol. The molecule has 1 unspecified atom stereocenters. The first-order valence-corrected chi connectivity index (χ1v) is 14.2. The van der Waals surface area contributed by atoms with Gasteiger partial charge in [-0.3, -0.25) is 9.59 Å². The highest BCUT2D eigenvalue weighted by molar-refractivity contribution is 8.00. The summed E-state index contributed by atoms with van der Waals surface area (Å²) in [4.78, 5) is 39.4. The van der Waals surface area contributed by atoms with E-state index in [1.54, 1.807) is 0 Å². The first-order valence-electron chi connectivity index (χ1n) is 13.4. The minimum atomic E-state index is -6.33. The number of halogens is 8. The van der Waals surface area contributed by atoms with Gasteiger partial charge in [0.05, 0.1) is 17.8 Å². The summed E-state index contributed by atoms with van der Waals surface area (Å²) in [5.41, 5.74) is -7.34. The summed E-state index contributed by atoms with van der Waals surface area (Å²) in [5, 5.41) is 10.1. The third kappa shape index (κ3) is 6.24. The van der Waals surface area contributed by atoms with E-state index in [9.17, 15) is 54.6 Å². The van der Waals surface area contributed by atoms with Gasteiger partial charge in [-0.1, -0.05) is 24.3 Å². The number of esters is 1. The molecule has 0 bridgehead atoms. The van der Waals surface area contributed by atoms with Gasteiger partial charge in [-0.2, -0.15) is 26.3 Å². The topological polar surface area (TPSA) is 83.9 Å². The number of rotatable bonds is 7. The van der Waals surface area contributed by atoms with E-state index in [4.69, 9.17) is 4.74 Å². The Kier molecular flexibility index (Phi) is 9.30. The van der Waals surface area contributed by atoms with E-state index >= 15 is 0 Å². The van der Waals surface area contributed by atoms with Gasteiger partial charge >= 0.3 is 30.0 Å². The average Bonchev–Trinajstić information content (AvgIpc) is 3.37. The molecule has 6 nitrogen and oxygen atoms in total. The first-order chi connectivity index (χ1) is 20.4. The number of hydrogen-bond donors (Lipinski definition) is 1. The minimum absolute atomic E-state index is 0.0400. The lowest BCUT2D eigenvalue weighted by molar-refractivity contribution is -0.348. The molecular formula is C29H27F8NO5S. The summed E-state index contributed by atoms with van der Waals surface area (Å²) in [7, 11) is 1.24. The standard InChI is InChI=1S/C29H27F8NO5S/c1-43-25(42)17-4-2-16(3-5-17)23(39)38-15-26(14-22(38)24(40)41,44-21-12-10-20(30)11-13-21)18-6-8-19(9-7-18)27(31,28(32,33)34)29(35,36)37/h6-13,16-17,22H,2-5,14-15H2,1H3,(H,40,41)/t16?,17?,22-,26?/m0/s1. The molecular weight excluding hydrogens is 626 g/mol. The lowest BCUT2D eigenvalue weighted by atomic mass is 9.81. The SMILES string of the molecule is COC(=O)C1CCC(C(=O)N2CC(Sc3ccc(F)cc3)(c3ccc(C(F)(C(F)(F)F)C(F)(F)F)cc3)C[C@H]2C(=O)O)CC1. The fourth-order valence-corrected chi connectivity index (χ4v) is 7.29. The molecule has 1 saturated carbocycles. The predicted octanol–water partition coefficient (Wildman–Crippen LogP) is 6.77. The Hall–Kier alpha value is -3.36. The Morgan fingerprint density at radius 3 is 1.86 bits per heavy atom. The summed E-state index contributed by atoms with van der Waals surface area (Å²) in [6.45, 7) is -0.319. The Balaban J connectivity index is 1.73. The van der Waals surface area contributed by atoms with E-state index in [2.05, 4.69) is 0 Å². The molecule has 240 valence electrons. The zero-order chi connectivity index (χ0) is 32.7. The molecule has 2 fully saturated rings. The Bertz CT molecular complexity index is 1360. The van der Waals surface area contributed by atoms with Crippen molar-refractivity contribution in [1.82, 2.24) is 4.90 Å². The van der Waals surface area contributed by atoms with Crippen LogP contribution in [0, 0.1) is 17.7 Å². The molecule has 1 amide bonds. The number of ether oxygens (including phenoxy) is 1. The maximum absolute atomic E-state index is 14.7. The molecule has 2 aromatic rings. The summed E-state index contributed by atoms with van der Waals surface area (Å²) in [6, 6.07) is 5.88. The number of carbonyl (C=O) groups is 3. The van der Waals surface area contributed by atoms with Crippen LogP contribution in [-0.2, 0) is 29.5 Å². The fourth-order valence-electron chi connectivity index (χ4n) is 5.86. The van der Waals surface area contributed by atoms with Crippen LogP contribution >= 0.6 is 11.8 Å². The third-order valence-corrected chi connectivity index (χ3v) is 9.65. The van der Waals surface area contributed by atoms with Crippen LogP contribution in [0.2, 0.25) is 0 Å². The van der Waals surface area contributed by atoms with E-state index in [0.717, 1.165) is 40.9 Å². The molecule has 2 aromatic carbocycles.